The molecule has 6 nitrogen and oxygen atoms in total. The number of phenolic OH excluding ortho intramolecular Hbond substituents is 1. The zero-order valence-electron chi connectivity index (χ0n) is 12.1. The zero-order chi connectivity index (χ0) is 15.3. The maximum absolute atomic E-state index is 10.0. The van der Waals surface area contributed by atoms with Crippen molar-refractivity contribution < 1.29 is 14.3 Å². The third-order valence-electron chi connectivity index (χ3n) is 3.53. The molecule has 0 fully saturated rings. The molecule has 3 aromatic heterocycles. The minimum absolute atomic E-state index is 0.113. The molecule has 0 aliphatic rings. The van der Waals surface area contributed by atoms with Gasteiger partial charge in [0.25, 0.3) is 0 Å². The molecule has 0 saturated heterocycles. The molecule has 110 valence electrons. The molecular weight excluding hydrogens is 282 g/mol. The Morgan fingerprint density at radius 3 is 2.91 bits per heavy atom. The number of ether oxygens (including phenoxy) is 1. The highest BCUT2D eigenvalue weighted by atomic mass is 16.5. The van der Waals surface area contributed by atoms with Gasteiger partial charge < -0.3 is 14.3 Å². The van der Waals surface area contributed by atoms with E-state index in [2.05, 4.69) is 10.1 Å². The molecule has 1 aromatic carbocycles. The molecular formula is C16H13N3O3. The summed E-state index contributed by atoms with van der Waals surface area (Å²) < 4.78 is 12.6. The number of aromatic hydroxyl groups is 1. The highest BCUT2D eigenvalue weighted by molar-refractivity contribution is 5.89. The molecule has 6 heteroatoms. The maximum atomic E-state index is 10.0. The van der Waals surface area contributed by atoms with Crippen molar-refractivity contribution in [1.29, 1.82) is 0 Å². The van der Waals surface area contributed by atoms with Crippen LogP contribution >= 0.6 is 0 Å². The Hall–Kier alpha value is -3.02. The SMILES string of the molecule is COc1cc(O)c2cc(-c3cn4nc(C)ccc4n3)oc2c1. The summed E-state index contributed by atoms with van der Waals surface area (Å²) in [5.74, 6) is 1.22. The summed E-state index contributed by atoms with van der Waals surface area (Å²) in [4.78, 5) is 4.49. The van der Waals surface area contributed by atoms with Gasteiger partial charge >= 0.3 is 0 Å². The first-order valence-electron chi connectivity index (χ1n) is 6.78. The van der Waals surface area contributed by atoms with Gasteiger partial charge in [-0.1, -0.05) is 0 Å². The van der Waals surface area contributed by atoms with Crippen LogP contribution in [0, 0.1) is 6.92 Å². The fraction of sp³-hybridized carbons (Fsp3) is 0.125. The van der Waals surface area contributed by atoms with Crippen molar-refractivity contribution in [2.45, 2.75) is 6.92 Å². The Bertz CT molecular complexity index is 1000. The molecule has 22 heavy (non-hydrogen) atoms. The topological polar surface area (TPSA) is 72.8 Å². The monoisotopic (exact) mass is 295 g/mol. The average Bonchev–Trinajstić information content (AvgIpc) is 3.10. The lowest BCUT2D eigenvalue weighted by Crippen LogP contribution is -1.91. The standard InChI is InChI=1S/C16H13N3O3/c1-9-3-4-16-17-12(8-19(16)18-9)15-7-11-13(20)5-10(21-2)6-14(11)22-15/h3-8,20H,1-2H3. The van der Waals surface area contributed by atoms with Crippen molar-refractivity contribution in [2.24, 2.45) is 0 Å². The van der Waals surface area contributed by atoms with E-state index < -0.39 is 0 Å². The van der Waals surface area contributed by atoms with Crippen LogP contribution in [-0.2, 0) is 0 Å². The number of aryl methyl sites for hydroxylation is 1. The van der Waals surface area contributed by atoms with E-state index >= 15 is 0 Å². The van der Waals surface area contributed by atoms with Crippen LogP contribution in [0.15, 0.2) is 40.9 Å². The third-order valence-corrected chi connectivity index (χ3v) is 3.53. The number of fused-ring (bicyclic) bond motifs is 2. The van der Waals surface area contributed by atoms with Crippen molar-refractivity contribution in [3.63, 3.8) is 0 Å². The average molecular weight is 295 g/mol. The normalized spacial score (nSPS) is 11.4. The molecule has 0 unspecified atom stereocenters. The lowest BCUT2D eigenvalue weighted by molar-refractivity contribution is 0.408. The van der Waals surface area contributed by atoms with Crippen molar-refractivity contribution in [1.82, 2.24) is 14.6 Å². The third kappa shape index (κ3) is 1.88. The van der Waals surface area contributed by atoms with E-state index in [1.54, 1.807) is 36.0 Å². The summed E-state index contributed by atoms with van der Waals surface area (Å²) in [5.41, 5.74) is 2.85. The predicted molar refractivity (Wildman–Crippen MR) is 81.1 cm³/mol. The number of rotatable bonds is 2. The van der Waals surface area contributed by atoms with Gasteiger partial charge in [0.05, 0.1) is 24.4 Å². The summed E-state index contributed by atoms with van der Waals surface area (Å²) in [6.45, 7) is 1.92. The Morgan fingerprint density at radius 2 is 2.09 bits per heavy atom. The zero-order valence-corrected chi connectivity index (χ0v) is 12.1. The van der Waals surface area contributed by atoms with E-state index in [4.69, 9.17) is 9.15 Å². The van der Waals surface area contributed by atoms with Crippen LogP contribution in [0.5, 0.6) is 11.5 Å². The number of aromatic nitrogens is 3. The van der Waals surface area contributed by atoms with Crippen LogP contribution in [0.1, 0.15) is 5.69 Å². The number of phenols is 1. The molecule has 0 saturated carbocycles. The molecule has 0 bridgehead atoms. The number of nitrogens with zero attached hydrogens (tertiary/aromatic N) is 3. The number of methoxy groups -OCH3 is 1. The molecule has 4 aromatic rings. The number of furan rings is 1. The van der Waals surface area contributed by atoms with E-state index in [1.165, 1.54) is 0 Å². The number of benzene rings is 1. The second-order valence-corrected chi connectivity index (χ2v) is 5.07. The van der Waals surface area contributed by atoms with E-state index in [0.29, 0.717) is 28.2 Å². The summed E-state index contributed by atoms with van der Waals surface area (Å²) in [6.07, 6.45) is 1.80. The van der Waals surface area contributed by atoms with Gasteiger partial charge in [-0.3, -0.25) is 0 Å². The van der Waals surface area contributed by atoms with Crippen molar-refractivity contribution >= 4 is 16.6 Å². The van der Waals surface area contributed by atoms with Gasteiger partial charge in [-0.05, 0) is 25.1 Å². The van der Waals surface area contributed by atoms with Crippen molar-refractivity contribution in [3.8, 4) is 23.0 Å². The molecule has 0 radical (unpaired) electrons. The maximum Gasteiger partial charge on any atom is 0.155 e. The minimum atomic E-state index is 0.113. The van der Waals surface area contributed by atoms with E-state index in [-0.39, 0.29) is 5.75 Å². The molecule has 0 atom stereocenters. The van der Waals surface area contributed by atoms with Crippen LogP contribution < -0.4 is 4.74 Å². The fourth-order valence-electron chi connectivity index (χ4n) is 2.44. The Morgan fingerprint density at radius 1 is 1.23 bits per heavy atom. The Balaban J connectivity index is 1.90. The summed E-state index contributed by atoms with van der Waals surface area (Å²) in [7, 11) is 1.54. The van der Waals surface area contributed by atoms with Crippen LogP contribution in [0.2, 0.25) is 0 Å². The van der Waals surface area contributed by atoms with Gasteiger partial charge in [-0.25, -0.2) is 9.50 Å². The lowest BCUT2D eigenvalue weighted by atomic mass is 10.2. The van der Waals surface area contributed by atoms with Gasteiger partial charge in [0.1, 0.15) is 22.8 Å². The first-order chi connectivity index (χ1) is 10.6. The van der Waals surface area contributed by atoms with E-state index in [9.17, 15) is 5.11 Å². The summed E-state index contributed by atoms with van der Waals surface area (Å²) in [6, 6.07) is 8.85. The van der Waals surface area contributed by atoms with Crippen molar-refractivity contribution in [2.75, 3.05) is 7.11 Å². The van der Waals surface area contributed by atoms with E-state index in [0.717, 1.165) is 11.3 Å². The summed E-state index contributed by atoms with van der Waals surface area (Å²) >= 11 is 0. The lowest BCUT2D eigenvalue weighted by Gasteiger charge is -1.99. The number of hydrogen-bond acceptors (Lipinski definition) is 5. The van der Waals surface area contributed by atoms with E-state index in [1.807, 2.05) is 19.1 Å². The van der Waals surface area contributed by atoms with Gasteiger partial charge in [0.2, 0.25) is 0 Å². The van der Waals surface area contributed by atoms with Crippen LogP contribution in [-0.4, -0.2) is 26.8 Å². The minimum Gasteiger partial charge on any atom is -0.507 e. The Kier molecular flexibility index (Phi) is 2.59. The molecule has 4 rings (SSSR count). The largest absolute Gasteiger partial charge is 0.507 e. The van der Waals surface area contributed by atoms with Crippen molar-refractivity contribution in [3.05, 3.63) is 42.2 Å². The second-order valence-electron chi connectivity index (χ2n) is 5.07. The van der Waals surface area contributed by atoms with Gasteiger partial charge in [0.15, 0.2) is 11.4 Å². The first kappa shape index (κ1) is 12.7. The van der Waals surface area contributed by atoms with Gasteiger partial charge in [0, 0.05) is 12.1 Å². The van der Waals surface area contributed by atoms with Crippen LogP contribution in [0.3, 0.4) is 0 Å². The highest BCUT2D eigenvalue weighted by Gasteiger charge is 2.14. The molecule has 1 N–H and O–H groups in total. The Labute approximate surface area is 125 Å². The highest BCUT2D eigenvalue weighted by Crippen LogP contribution is 2.35. The second kappa shape index (κ2) is 4.49. The van der Waals surface area contributed by atoms with Gasteiger partial charge in [-0.2, -0.15) is 5.10 Å². The van der Waals surface area contributed by atoms with Crippen LogP contribution in [0.25, 0.3) is 28.1 Å². The smallest absolute Gasteiger partial charge is 0.155 e. The predicted octanol–water partition coefficient (Wildman–Crippen LogP) is 3.17. The molecule has 0 aliphatic carbocycles. The van der Waals surface area contributed by atoms with Crippen LogP contribution in [0.4, 0.5) is 0 Å². The number of imidazole rings is 1. The molecule has 0 amide bonds. The molecule has 0 spiro atoms. The van der Waals surface area contributed by atoms with Gasteiger partial charge in [-0.15, -0.1) is 0 Å². The summed E-state index contributed by atoms with van der Waals surface area (Å²) in [5, 5.41) is 15.0. The quantitative estimate of drug-likeness (QED) is 0.615. The fourth-order valence-corrected chi connectivity index (χ4v) is 2.44. The first-order valence-corrected chi connectivity index (χ1v) is 6.78. The number of hydrogen-bond donors (Lipinski definition) is 1. The molecule has 0 aliphatic heterocycles. The molecule has 3 heterocycles.